The number of hydrogen-bond acceptors (Lipinski definition) is 0. The minimum absolute atomic E-state index is 0.0304. The first kappa shape index (κ1) is 12.6. The van der Waals surface area contributed by atoms with Gasteiger partial charge in [-0.05, 0) is 0 Å². The van der Waals surface area contributed by atoms with Gasteiger partial charge in [-0.25, -0.2) is 0 Å². The number of benzene rings is 2. The second-order valence-corrected chi connectivity index (χ2v) is 7.58. The van der Waals surface area contributed by atoms with Crippen molar-refractivity contribution in [2.24, 2.45) is 0 Å². The van der Waals surface area contributed by atoms with Gasteiger partial charge in [0, 0.05) is 0 Å². The molecule has 0 atom stereocenters. The molecule has 2 rings (SSSR count). The van der Waals surface area contributed by atoms with Crippen molar-refractivity contribution in [2.75, 3.05) is 0 Å². The topological polar surface area (TPSA) is 0 Å². The molecule has 0 aliphatic carbocycles. The van der Waals surface area contributed by atoms with Gasteiger partial charge in [0.05, 0.1) is 0 Å². The molecule has 2 aromatic carbocycles. The Morgan fingerprint density at radius 2 is 1.00 bits per heavy atom. The van der Waals surface area contributed by atoms with Crippen molar-refractivity contribution in [2.45, 2.75) is 27.7 Å². The summed E-state index contributed by atoms with van der Waals surface area (Å²) in [5.74, 6) is 0. The Morgan fingerprint density at radius 1 is 0.588 bits per heavy atom. The van der Waals surface area contributed by atoms with Crippen LogP contribution in [-0.4, -0.2) is 0 Å². The second kappa shape index (κ2) is 5.21. The summed E-state index contributed by atoms with van der Waals surface area (Å²) < 4.78 is 3.02. The molecule has 0 bridgehead atoms. The van der Waals surface area contributed by atoms with Crippen LogP contribution >= 0.6 is 0 Å². The van der Waals surface area contributed by atoms with Crippen LogP contribution in [0, 0.1) is 34.8 Å². The number of rotatable bonds is 2. The summed E-state index contributed by atoms with van der Waals surface area (Å²) in [5, 5.41) is 0. The number of hydrogen-bond donors (Lipinski definition) is 0. The zero-order valence-electron chi connectivity index (χ0n) is 10.8. The van der Waals surface area contributed by atoms with E-state index in [9.17, 15) is 0 Å². The number of aryl methyl sites for hydroxylation is 4. The molecule has 90 valence electrons. The molecular weight excluding hydrogens is 319 g/mol. The van der Waals surface area contributed by atoms with Crippen molar-refractivity contribution >= 4 is 0 Å². The van der Waals surface area contributed by atoms with Crippen LogP contribution in [-0.2, 0) is 0 Å². The predicted octanol–water partition coefficient (Wildman–Crippen LogP) is 1.05. The van der Waals surface area contributed by atoms with E-state index in [1.165, 1.54) is 29.4 Å². The van der Waals surface area contributed by atoms with E-state index in [0.29, 0.717) is 0 Å². The van der Waals surface area contributed by atoms with Crippen LogP contribution in [0.1, 0.15) is 22.3 Å². The van der Waals surface area contributed by atoms with Crippen molar-refractivity contribution in [1.29, 1.82) is 0 Å². The van der Waals surface area contributed by atoms with Gasteiger partial charge in [-0.2, -0.15) is 0 Å². The third kappa shape index (κ3) is 3.09. The molecule has 1 heteroatoms. The SMILES string of the molecule is Cc1ccc([I-]c2ccc(C)c(C)c2)cc1C. The van der Waals surface area contributed by atoms with Gasteiger partial charge in [0.2, 0.25) is 0 Å². The van der Waals surface area contributed by atoms with Crippen LogP contribution in [0.2, 0.25) is 0 Å². The normalized spacial score (nSPS) is 10.8. The van der Waals surface area contributed by atoms with Crippen LogP contribution in [0.5, 0.6) is 0 Å². The van der Waals surface area contributed by atoms with E-state index >= 15 is 0 Å². The summed E-state index contributed by atoms with van der Waals surface area (Å²) in [6.45, 7) is 8.74. The maximum absolute atomic E-state index is 2.35. The van der Waals surface area contributed by atoms with Crippen molar-refractivity contribution in [3.63, 3.8) is 0 Å². The fourth-order valence-electron chi connectivity index (χ4n) is 1.65. The van der Waals surface area contributed by atoms with Gasteiger partial charge in [-0.15, -0.1) is 0 Å². The molecule has 0 radical (unpaired) electrons. The van der Waals surface area contributed by atoms with Crippen molar-refractivity contribution in [3.05, 3.63) is 65.8 Å². The summed E-state index contributed by atoms with van der Waals surface area (Å²) in [4.78, 5) is 0. The second-order valence-electron chi connectivity index (χ2n) is 4.55. The molecule has 0 saturated heterocycles. The predicted molar refractivity (Wildman–Crippen MR) is 69.2 cm³/mol. The van der Waals surface area contributed by atoms with Gasteiger partial charge in [0.15, 0.2) is 0 Å². The fourth-order valence-corrected chi connectivity index (χ4v) is 4.34. The van der Waals surface area contributed by atoms with Gasteiger partial charge >= 0.3 is 115 Å². The van der Waals surface area contributed by atoms with Crippen LogP contribution in [0.4, 0.5) is 0 Å². The third-order valence-electron chi connectivity index (χ3n) is 3.16. The van der Waals surface area contributed by atoms with E-state index in [1.807, 2.05) is 0 Å². The first-order chi connectivity index (χ1) is 8.06. The Hall–Kier alpha value is -0.830. The fraction of sp³-hybridized carbons (Fsp3) is 0.250. The molecule has 2 aromatic rings. The molecule has 0 N–H and O–H groups in total. The van der Waals surface area contributed by atoms with E-state index in [-0.39, 0.29) is 21.2 Å². The third-order valence-corrected chi connectivity index (χ3v) is 5.74. The van der Waals surface area contributed by atoms with E-state index in [2.05, 4.69) is 64.1 Å². The molecule has 0 amide bonds. The molecule has 0 unspecified atom stereocenters. The molecule has 0 aliphatic heterocycles. The first-order valence-corrected chi connectivity index (χ1v) is 8.01. The molecule has 0 aliphatic rings. The van der Waals surface area contributed by atoms with Crippen LogP contribution in [0.15, 0.2) is 36.4 Å². The summed E-state index contributed by atoms with van der Waals surface area (Å²) in [5.41, 5.74) is 5.59. The van der Waals surface area contributed by atoms with Gasteiger partial charge < -0.3 is 0 Å². The first-order valence-electron chi connectivity index (χ1n) is 5.85. The Morgan fingerprint density at radius 3 is 1.35 bits per heavy atom. The minimum atomic E-state index is -0.0304. The van der Waals surface area contributed by atoms with E-state index in [1.54, 1.807) is 0 Å². The van der Waals surface area contributed by atoms with Gasteiger partial charge in [0.25, 0.3) is 0 Å². The average molecular weight is 337 g/mol. The summed E-state index contributed by atoms with van der Waals surface area (Å²) in [6.07, 6.45) is 0. The van der Waals surface area contributed by atoms with E-state index in [4.69, 9.17) is 0 Å². The van der Waals surface area contributed by atoms with Crippen molar-refractivity contribution in [1.82, 2.24) is 0 Å². The zero-order valence-corrected chi connectivity index (χ0v) is 13.0. The summed E-state index contributed by atoms with van der Waals surface area (Å²) in [7, 11) is 0. The quantitative estimate of drug-likeness (QED) is 0.719. The molecule has 0 spiro atoms. The Balaban J connectivity index is 2.25. The molecular formula is C16H18I-. The molecule has 0 fully saturated rings. The maximum atomic E-state index is 2.35. The Labute approximate surface area is 114 Å². The molecule has 0 nitrogen and oxygen atoms in total. The summed E-state index contributed by atoms with van der Waals surface area (Å²) in [6, 6.07) is 13.7. The Kier molecular flexibility index (Phi) is 3.87. The van der Waals surface area contributed by atoms with Crippen molar-refractivity contribution < 1.29 is 21.2 Å². The summed E-state index contributed by atoms with van der Waals surface area (Å²) >= 11 is -0.0304. The standard InChI is InChI=1S/C16H18I/c1-11-5-7-15(9-13(11)3)17-16-8-6-12(2)14(4)10-16/h5-10H,1-4H3/q-1. The monoisotopic (exact) mass is 337 g/mol. The zero-order chi connectivity index (χ0) is 12.4. The van der Waals surface area contributed by atoms with E-state index < -0.39 is 0 Å². The number of halogens is 1. The van der Waals surface area contributed by atoms with Crippen LogP contribution < -0.4 is 21.2 Å². The molecule has 17 heavy (non-hydrogen) atoms. The van der Waals surface area contributed by atoms with Crippen LogP contribution in [0.25, 0.3) is 0 Å². The van der Waals surface area contributed by atoms with Gasteiger partial charge in [0.1, 0.15) is 0 Å². The Bertz CT molecular complexity index is 492. The van der Waals surface area contributed by atoms with E-state index in [0.717, 1.165) is 0 Å². The van der Waals surface area contributed by atoms with Gasteiger partial charge in [-0.1, -0.05) is 0 Å². The molecule has 0 heterocycles. The average Bonchev–Trinajstić information content (AvgIpc) is 2.29. The van der Waals surface area contributed by atoms with Crippen LogP contribution in [0.3, 0.4) is 0 Å². The van der Waals surface area contributed by atoms with Gasteiger partial charge in [-0.3, -0.25) is 0 Å². The molecule has 0 saturated carbocycles. The molecule has 0 aromatic heterocycles. The van der Waals surface area contributed by atoms with Crippen molar-refractivity contribution in [3.8, 4) is 0 Å².